The molecule has 2 aliphatic heterocycles. The fourth-order valence-electron chi connectivity index (χ4n) is 4.99. The van der Waals surface area contributed by atoms with E-state index in [1.54, 1.807) is 46.9 Å². The minimum Gasteiger partial charge on any atom is -0.250 e. The van der Waals surface area contributed by atoms with Crippen LogP contribution in [0.3, 0.4) is 0 Å². The lowest BCUT2D eigenvalue weighted by atomic mass is 10.3. The van der Waals surface area contributed by atoms with Gasteiger partial charge in [0.15, 0.2) is 0 Å². The molecule has 0 atom stereocenters. The van der Waals surface area contributed by atoms with Crippen molar-refractivity contribution in [2.24, 2.45) is 0 Å². The van der Waals surface area contributed by atoms with Gasteiger partial charge < -0.3 is 0 Å². The van der Waals surface area contributed by atoms with Crippen LogP contribution in [-0.2, 0) is 20.0 Å². The van der Waals surface area contributed by atoms with Crippen molar-refractivity contribution in [3.05, 3.63) is 59.3 Å². The largest absolute Gasteiger partial charge is 0.266 e. The number of thiophene rings is 6. The fourth-order valence-corrected chi connectivity index (χ4v) is 16.6. The average Bonchev–Trinajstić information content (AvgIpc) is 3.79. The van der Waals surface area contributed by atoms with Crippen LogP contribution >= 0.6 is 91.2 Å². The van der Waals surface area contributed by atoms with E-state index in [0.29, 0.717) is 21.2 Å². The van der Waals surface area contributed by atoms with Crippen LogP contribution in [0.2, 0.25) is 0 Å². The summed E-state index contributed by atoms with van der Waals surface area (Å²) in [6.07, 6.45) is 0. The second kappa shape index (κ2) is 9.89. The van der Waals surface area contributed by atoms with Crippen LogP contribution in [0.5, 0.6) is 0 Å². The highest BCUT2D eigenvalue weighted by Gasteiger charge is 2.39. The van der Waals surface area contributed by atoms with E-state index in [1.165, 1.54) is 54.0 Å². The maximum Gasteiger partial charge on any atom is 0.266 e. The number of halogens is 2. The van der Waals surface area contributed by atoms with Gasteiger partial charge in [0.05, 0.1) is 30.9 Å². The number of hydrogen-bond donors (Lipinski definition) is 0. The van der Waals surface area contributed by atoms with Crippen LogP contribution in [0.1, 0.15) is 0 Å². The van der Waals surface area contributed by atoms with E-state index in [9.17, 15) is 16.8 Å². The highest BCUT2D eigenvalue weighted by molar-refractivity contribution is 7.93. The lowest BCUT2D eigenvalue weighted by molar-refractivity contribution is 0.592. The molecule has 0 bridgehead atoms. The third-order valence-electron chi connectivity index (χ3n) is 6.93. The van der Waals surface area contributed by atoms with Gasteiger partial charge in [-0.25, -0.2) is 25.4 Å². The van der Waals surface area contributed by atoms with E-state index in [0.717, 1.165) is 48.8 Å². The Kier molecular flexibility index (Phi) is 6.55. The van der Waals surface area contributed by atoms with Gasteiger partial charge >= 0.3 is 0 Å². The van der Waals surface area contributed by atoms with Crippen molar-refractivity contribution in [3.8, 4) is 48.8 Å². The second-order valence-electron chi connectivity index (χ2n) is 9.15. The molecule has 6 aromatic heterocycles. The Bertz CT molecular complexity index is 2090. The van der Waals surface area contributed by atoms with E-state index in [4.69, 9.17) is 23.2 Å². The Morgan fingerprint density at radius 3 is 1.29 bits per heavy atom. The molecule has 8 heterocycles. The summed E-state index contributed by atoms with van der Waals surface area (Å²) in [5.74, 6) is 0. The lowest BCUT2D eigenvalue weighted by Crippen LogP contribution is -2.31. The molecule has 6 nitrogen and oxygen atoms in total. The first-order valence-corrected chi connectivity index (χ1v) is 21.0. The molecule has 42 heavy (non-hydrogen) atoms. The molecule has 0 aliphatic carbocycles. The van der Waals surface area contributed by atoms with E-state index < -0.39 is 20.0 Å². The van der Waals surface area contributed by atoms with Crippen molar-refractivity contribution in [3.63, 3.8) is 0 Å². The molecule has 16 heteroatoms. The molecule has 0 fully saturated rings. The average molecular weight is 746 g/mol. The Balaban J connectivity index is 1.14. The van der Waals surface area contributed by atoms with Gasteiger partial charge in [0.25, 0.3) is 20.0 Å². The first-order valence-electron chi connectivity index (χ1n) is 12.0. The molecule has 0 saturated heterocycles. The van der Waals surface area contributed by atoms with Gasteiger partial charge in [0.2, 0.25) is 0 Å². The van der Waals surface area contributed by atoms with Gasteiger partial charge in [-0.1, -0.05) is 0 Å². The van der Waals surface area contributed by atoms with Crippen LogP contribution < -0.4 is 8.61 Å². The first kappa shape index (κ1) is 27.8. The molecule has 8 rings (SSSR count). The Hall–Kier alpha value is -1.72. The zero-order valence-electron chi connectivity index (χ0n) is 20.7. The van der Waals surface area contributed by atoms with E-state index in [2.05, 4.69) is 0 Å². The summed E-state index contributed by atoms with van der Waals surface area (Å²) in [4.78, 5) is 9.78. The van der Waals surface area contributed by atoms with Crippen molar-refractivity contribution >= 4 is 123 Å². The highest BCUT2D eigenvalue weighted by atomic mass is 35.5. The van der Waals surface area contributed by atoms with Crippen LogP contribution in [0.25, 0.3) is 48.8 Å². The quantitative estimate of drug-likeness (QED) is 0.130. The summed E-state index contributed by atoms with van der Waals surface area (Å²) in [6.45, 7) is 0. The smallest absolute Gasteiger partial charge is 0.250 e. The van der Waals surface area contributed by atoms with Gasteiger partial charge in [-0.3, -0.25) is 0 Å². The summed E-state index contributed by atoms with van der Waals surface area (Å²) in [5.41, 5.74) is 1.25. The third kappa shape index (κ3) is 3.93. The van der Waals surface area contributed by atoms with Crippen molar-refractivity contribution in [1.82, 2.24) is 0 Å². The number of rotatable bonds is 5. The van der Waals surface area contributed by atoms with Crippen LogP contribution in [0, 0.1) is 0 Å². The standard InChI is InChI=1S/C26H14Cl2N2O4S8/c27-11-29-13-5-7-35-23(13)25-21(41(29,31)32)9-19(39-25)17-3-1-15(37-17)16-2-4-18(38-16)20-10-22-26(40-20)24-14(6-8-36-24)30(12-28)42(22,33)34/h1-10H,11-12H2. The van der Waals surface area contributed by atoms with Crippen molar-refractivity contribution in [1.29, 1.82) is 0 Å². The minimum absolute atomic E-state index is 0.140. The topological polar surface area (TPSA) is 74.8 Å². The van der Waals surface area contributed by atoms with E-state index >= 15 is 0 Å². The predicted octanol–water partition coefficient (Wildman–Crippen LogP) is 9.80. The number of nitrogens with zero attached hydrogens (tertiary/aromatic N) is 2. The zero-order chi connectivity index (χ0) is 29.0. The second-order valence-corrected chi connectivity index (χ2v) is 19.4. The number of fused-ring (bicyclic) bond motifs is 6. The summed E-state index contributed by atoms with van der Waals surface area (Å²) in [6, 6.07) is 15.0. The molecule has 2 aliphatic rings. The van der Waals surface area contributed by atoms with Gasteiger partial charge in [-0.2, -0.15) is 0 Å². The number of alkyl halides is 2. The number of hydrogen-bond acceptors (Lipinski definition) is 10. The van der Waals surface area contributed by atoms with Crippen LogP contribution in [0.15, 0.2) is 69.1 Å². The summed E-state index contributed by atoms with van der Waals surface area (Å²) >= 11 is 21.3. The third-order valence-corrected chi connectivity index (χ3v) is 18.7. The molecule has 0 saturated carbocycles. The Morgan fingerprint density at radius 1 is 0.524 bits per heavy atom. The van der Waals surface area contributed by atoms with Crippen molar-refractivity contribution < 1.29 is 16.8 Å². The summed E-state index contributed by atoms with van der Waals surface area (Å²) in [5, 5.41) is 3.77. The van der Waals surface area contributed by atoms with E-state index in [1.807, 2.05) is 35.0 Å². The van der Waals surface area contributed by atoms with E-state index in [-0.39, 0.29) is 12.0 Å². The molecule has 0 unspecified atom stereocenters. The van der Waals surface area contributed by atoms with Crippen molar-refractivity contribution in [2.75, 3.05) is 20.6 Å². The lowest BCUT2D eigenvalue weighted by Gasteiger charge is -2.25. The van der Waals surface area contributed by atoms with Gasteiger partial charge in [-0.15, -0.1) is 91.2 Å². The molecule has 0 spiro atoms. The van der Waals surface area contributed by atoms with Crippen LogP contribution in [-0.4, -0.2) is 28.8 Å². The molecule has 6 aromatic rings. The zero-order valence-corrected chi connectivity index (χ0v) is 28.8. The van der Waals surface area contributed by atoms with Gasteiger partial charge in [0, 0.05) is 29.3 Å². The summed E-state index contributed by atoms with van der Waals surface area (Å²) in [7, 11) is -7.46. The van der Waals surface area contributed by atoms with Gasteiger partial charge in [-0.05, 0) is 59.3 Å². The summed E-state index contributed by atoms with van der Waals surface area (Å²) < 4.78 is 55.8. The minimum atomic E-state index is -3.73. The SMILES string of the molecule is O=S1(=O)c2cc(-c3ccc(-c4ccc(-c5cc6c(s5)-c5sccc5N(CCl)S6(=O)=O)s4)s3)sc2-c2sccc2N1CCl. The Morgan fingerprint density at radius 2 is 0.905 bits per heavy atom. The normalized spacial score (nSPS) is 16.2. The maximum atomic E-state index is 13.3. The van der Waals surface area contributed by atoms with Crippen molar-refractivity contribution in [2.45, 2.75) is 9.79 Å². The maximum absolute atomic E-state index is 13.3. The molecule has 0 aromatic carbocycles. The number of anilines is 2. The predicted molar refractivity (Wildman–Crippen MR) is 182 cm³/mol. The fraction of sp³-hybridized carbons (Fsp3) is 0.0769. The molecule has 0 N–H and O–H groups in total. The first-order chi connectivity index (χ1) is 20.2. The molecule has 0 amide bonds. The molecule has 214 valence electrons. The number of sulfonamides is 2. The molecular weight excluding hydrogens is 732 g/mol. The molecule has 0 radical (unpaired) electrons. The van der Waals surface area contributed by atoms with Gasteiger partial charge in [0.1, 0.15) is 21.8 Å². The van der Waals surface area contributed by atoms with Crippen LogP contribution in [0.4, 0.5) is 11.4 Å². The molecular formula is C26H14Cl2N2O4S8. The Labute approximate surface area is 275 Å². The monoisotopic (exact) mass is 744 g/mol. The highest BCUT2D eigenvalue weighted by Crippen LogP contribution is 2.55.